The first kappa shape index (κ1) is 9.42. The molecule has 2 aromatic rings. The van der Waals surface area contributed by atoms with E-state index in [1.807, 2.05) is 12.1 Å². The molecule has 1 N–H and O–H groups in total. The van der Waals surface area contributed by atoms with E-state index in [0.29, 0.717) is 0 Å². The molecule has 2 bridgehead atoms. The Morgan fingerprint density at radius 2 is 2.00 bits per heavy atom. The van der Waals surface area contributed by atoms with E-state index in [0.717, 1.165) is 36.5 Å². The van der Waals surface area contributed by atoms with Gasteiger partial charge in [0.15, 0.2) is 0 Å². The van der Waals surface area contributed by atoms with Crippen molar-refractivity contribution in [3.63, 3.8) is 0 Å². The molecule has 80 valence electrons. The molecule has 0 amide bonds. The number of nitrogens with zero attached hydrogens (tertiary/aromatic N) is 3. The summed E-state index contributed by atoms with van der Waals surface area (Å²) in [4.78, 5) is 4.01. The van der Waals surface area contributed by atoms with Gasteiger partial charge in [-0.15, -0.1) is 5.10 Å². The third kappa shape index (κ3) is 1.67. The molecule has 0 aromatic carbocycles. The molecule has 0 radical (unpaired) electrons. The summed E-state index contributed by atoms with van der Waals surface area (Å²) in [7, 11) is 0. The molecule has 4 nitrogen and oxygen atoms in total. The van der Waals surface area contributed by atoms with E-state index in [9.17, 15) is 0 Å². The van der Waals surface area contributed by atoms with Crippen molar-refractivity contribution in [2.75, 3.05) is 6.54 Å². The van der Waals surface area contributed by atoms with Gasteiger partial charge in [0.05, 0.1) is 11.4 Å². The van der Waals surface area contributed by atoms with Crippen molar-refractivity contribution in [2.24, 2.45) is 0 Å². The molecule has 0 saturated heterocycles. The Kier molecular flexibility index (Phi) is 2.34. The molecule has 0 unspecified atom stereocenters. The monoisotopic (exact) mass is 212 g/mol. The number of nitrogens with one attached hydrogen (secondary N) is 1. The predicted molar refractivity (Wildman–Crippen MR) is 60.7 cm³/mol. The first-order chi connectivity index (χ1) is 7.93. The first-order valence-electron chi connectivity index (χ1n) is 5.40. The van der Waals surface area contributed by atoms with Crippen LogP contribution in [0.1, 0.15) is 11.3 Å². The largest absolute Gasteiger partial charge is 0.312 e. The molecule has 1 aliphatic rings. The van der Waals surface area contributed by atoms with Gasteiger partial charge in [0.2, 0.25) is 0 Å². The SMILES string of the molecule is c1cc(-c2nnc3cc2CNCC3)ccn1. The number of pyridine rings is 1. The molecule has 16 heavy (non-hydrogen) atoms. The van der Waals surface area contributed by atoms with Crippen LogP contribution >= 0.6 is 0 Å². The van der Waals surface area contributed by atoms with E-state index in [4.69, 9.17) is 0 Å². The van der Waals surface area contributed by atoms with Gasteiger partial charge in [0.25, 0.3) is 0 Å². The number of hydrogen-bond donors (Lipinski definition) is 1. The van der Waals surface area contributed by atoms with Crippen molar-refractivity contribution in [1.82, 2.24) is 20.5 Å². The standard InChI is InChI=1S/C12H12N4/c1-4-13-5-2-9(1)12-10-7-11(15-16-12)3-6-14-8-10/h1-2,4-5,7,14H,3,6,8H2. The zero-order valence-electron chi connectivity index (χ0n) is 8.85. The first-order valence-corrected chi connectivity index (χ1v) is 5.40. The Balaban J connectivity index is 2.10. The van der Waals surface area contributed by atoms with Crippen LogP contribution in [0.4, 0.5) is 0 Å². The summed E-state index contributed by atoms with van der Waals surface area (Å²) in [6.45, 7) is 1.83. The minimum atomic E-state index is 0.861. The van der Waals surface area contributed by atoms with Gasteiger partial charge in [-0.25, -0.2) is 0 Å². The topological polar surface area (TPSA) is 50.7 Å². The average molecular weight is 212 g/mol. The molecule has 0 saturated carbocycles. The summed E-state index contributed by atoms with van der Waals surface area (Å²) < 4.78 is 0. The van der Waals surface area contributed by atoms with Crippen LogP contribution < -0.4 is 5.32 Å². The van der Waals surface area contributed by atoms with Gasteiger partial charge in [-0.3, -0.25) is 4.98 Å². The zero-order valence-corrected chi connectivity index (χ0v) is 8.85. The minimum Gasteiger partial charge on any atom is -0.312 e. The van der Waals surface area contributed by atoms with Crippen molar-refractivity contribution in [3.05, 3.63) is 41.9 Å². The van der Waals surface area contributed by atoms with Crippen LogP contribution in [0.15, 0.2) is 30.6 Å². The maximum atomic E-state index is 4.31. The van der Waals surface area contributed by atoms with Crippen LogP contribution in [0.5, 0.6) is 0 Å². The Morgan fingerprint density at radius 3 is 2.88 bits per heavy atom. The highest BCUT2D eigenvalue weighted by Crippen LogP contribution is 2.21. The van der Waals surface area contributed by atoms with E-state index in [-0.39, 0.29) is 0 Å². The third-order valence-electron chi connectivity index (χ3n) is 2.75. The summed E-state index contributed by atoms with van der Waals surface area (Å²) in [5.41, 5.74) is 4.32. The predicted octanol–water partition coefficient (Wildman–Crippen LogP) is 1.18. The minimum absolute atomic E-state index is 0.861. The van der Waals surface area contributed by atoms with Gasteiger partial charge in [0, 0.05) is 37.5 Å². The zero-order chi connectivity index (χ0) is 10.8. The Morgan fingerprint density at radius 1 is 1.12 bits per heavy atom. The molecule has 1 aliphatic heterocycles. The van der Waals surface area contributed by atoms with Crippen molar-refractivity contribution < 1.29 is 0 Å². The summed E-state index contributed by atoms with van der Waals surface area (Å²) >= 11 is 0. The van der Waals surface area contributed by atoms with Gasteiger partial charge in [-0.05, 0) is 23.8 Å². The van der Waals surface area contributed by atoms with E-state index < -0.39 is 0 Å². The van der Waals surface area contributed by atoms with E-state index >= 15 is 0 Å². The van der Waals surface area contributed by atoms with E-state index in [1.54, 1.807) is 12.4 Å². The van der Waals surface area contributed by atoms with Gasteiger partial charge in [0.1, 0.15) is 0 Å². The van der Waals surface area contributed by atoms with Gasteiger partial charge in [-0.1, -0.05) is 0 Å². The average Bonchev–Trinajstić information content (AvgIpc) is 2.53. The smallest absolute Gasteiger partial charge is 0.0975 e. The van der Waals surface area contributed by atoms with Crippen molar-refractivity contribution in [1.29, 1.82) is 0 Å². The highest BCUT2D eigenvalue weighted by Gasteiger charge is 2.11. The second-order valence-electron chi connectivity index (χ2n) is 3.87. The lowest BCUT2D eigenvalue weighted by Gasteiger charge is -2.06. The van der Waals surface area contributed by atoms with Crippen LogP contribution in [0, 0.1) is 0 Å². The number of aromatic nitrogens is 3. The maximum absolute atomic E-state index is 4.31. The molecule has 0 atom stereocenters. The van der Waals surface area contributed by atoms with Crippen LogP contribution in [-0.2, 0) is 13.0 Å². The fourth-order valence-electron chi connectivity index (χ4n) is 1.93. The van der Waals surface area contributed by atoms with Crippen molar-refractivity contribution in [3.8, 4) is 11.3 Å². The fourth-order valence-corrected chi connectivity index (χ4v) is 1.93. The lowest BCUT2D eigenvalue weighted by atomic mass is 10.1. The molecule has 4 heteroatoms. The Bertz CT molecular complexity index is 496. The summed E-state index contributed by atoms with van der Waals surface area (Å²) in [5, 5.41) is 11.9. The molecule has 0 fully saturated rings. The highest BCUT2D eigenvalue weighted by atomic mass is 15.1. The van der Waals surface area contributed by atoms with Gasteiger partial charge in [-0.2, -0.15) is 5.10 Å². The van der Waals surface area contributed by atoms with E-state index in [2.05, 4.69) is 26.6 Å². The van der Waals surface area contributed by atoms with Crippen molar-refractivity contribution >= 4 is 0 Å². The quantitative estimate of drug-likeness (QED) is 0.771. The normalized spacial score (nSPS) is 14.5. The number of hydrogen-bond acceptors (Lipinski definition) is 4. The summed E-state index contributed by atoms with van der Waals surface area (Å²) in [5.74, 6) is 0. The summed E-state index contributed by atoms with van der Waals surface area (Å²) in [6, 6.07) is 6.07. The third-order valence-corrected chi connectivity index (χ3v) is 2.75. The maximum Gasteiger partial charge on any atom is 0.0975 e. The Hall–Kier alpha value is -1.81. The highest BCUT2D eigenvalue weighted by molar-refractivity contribution is 5.62. The van der Waals surface area contributed by atoms with Crippen LogP contribution in [0.25, 0.3) is 11.3 Å². The fraction of sp³-hybridized carbons (Fsp3) is 0.250. The second-order valence-corrected chi connectivity index (χ2v) is 3.87. The molecule has 0 aliphatic carbocycles. The molecular formula is C12H12N4. The number of rotatable bonds is 1. The van der Waals surface area contributed by atoms with Gasteiger partial charge < -0.3 is 5.32 Å². The van der Waals surface area contributed by atoms with Crippen LogP contribution in [0.2, 0.25) is 0 Å². The van der Waals surface area contributed by atoms with Crippen molar-refractivity contribution in [2.45, 2.75) is 13.0 Å². The van der Waals surface area contributed by atoms with Gasteiger partial charge >= 0.3 is 0 Å². The molecular weight excluding hydrogens is 200 g/mol. The second kappa shape index (κ2) is 3.98. The Labute approximate surface area is 93.8 Å². The lowest BCUT2D eigenvalue weighted by Crippen LogP contribution is -2.13. The molecule has 2 aromatic heterocycles. The summed E-state index contributed by atoms with van der Waals surface area (Å²) in [6.07, 6.45) is 4.51. The molecule has 0 spiro atoms. The lowest BCUT2D eigenvalue weighted by molar-refractivity contribution is 0.700. The molecule has 3 rings (SSSR count). The number of fused-ring (bicyclic) bond motifs is 2. The van der Waals surface area contributed by atoms with E-state index in [1.165, 1.54) is 5.56 Å². The van der Waals surface area contributed by atoms with Crippen LogP contribution in [-0.4, -0.2) is 21.7 Å². The molecule has 3 heterocycles. The van der Waals surface area contributed by atoms with Crippen LogP contribution in [0.3, 0.4) is 0 Å².